The summed E-state index contributed by atoms with van der Waals surface area (Å²) in [6, 6.07) is 5.00. The highest BCUT2D eigenvalue weighted by atomic mass is 19.4. The lowest BCUT2D eigenvalue weighted by Gasteiger charge is -2.14. The molecule has 7 heteroatoms. The maximum atomic E-state index is 11.9. The van der Waals surface area contributed by atoms with Crippen LogP contribution in [0.1, 0.15) is 0 Å². The van der Waals surface area contributed by atoms with Crippen LogP contribution < -0.4 is 10.1 Å². The molecule has 0 saturated carbocycles. The van der Waals surface area contributed by atoms with Crippen LogP contribution in [0.25, 0.3) is 0 Å². The van der Waals surface area contributed by atoms with E-state index in [1.807, 2.05) is 0 Å². The number of rotatable bonds is 4. The summed E-state index contributed by atoms with van der Waals surface area (Å²) in [7, 11) is 0. The van der Waals surface area contributed by atoms with Gasteiger partial charge in [0.15, 0.2) is 5.75 Å². The molecule has 1 rings (SSSR count). The van der Waals surface area contributed by atoms with Gasteiger partial charge < -0.3 is 10.1 Å². The summed E-state index contributed by atoms with van der Waals surface area (Å²) in [5.74, 6) is -0.532. The summed E-state index contributed by atoms with van der Waals surface area (Å²) in [4.78, 5) is 0. The molecule has 0 fully saturated rings. The van der Waals surface area contributed by atoms with Crippen LogP contribution in [0.3, 0.4) is 0 Å². The summed E-state index contributed by atoms with van der Waals surface area (Å²) in [6.07, 6.45) is -7.50. The van der Waals surface area contributed by atoms with Crippen molar-refractivity contribution in [2.45, 2.75) is 12.8 Å². The van der Waals surface area contributed by atoms with Gasteiger partial charge in [0.05, 0.1) is 12.2 Å². The molecule has 0 radical (unpaired) electrons. The molecule has 0 aliphatic carbocycles. The molecular weight excluding hydrogens is 233 g/mol. The quantitative estimate of drug-likeness (QED) is 0.817. The number of ether oxygens (including phenoxy) is 1. The first-order chi connectivity index (χ1) is 7.38. The van der Waals surface area contributed by atoms with Gasteiger partial charge in [-0.25, -0.2) is 8.78 Å². The SMILES string of the molecule is FC(F)CNc1ccccc1OC(F)(F)F. The number of para-hydroxylation sites is 2. The minimum Gasteiger partial charge on any atom is -0.404 e. The second-order valence-corrected chi connectivity index (χ2v) is 2.82. The molecule has 0 aliphatic heterocycles. The zero-order valence-electron chi connectivity index (χ0n) is 7.89. The standard InChI is InChI=1S/C9H8F5NO/c10-8(11)5-15-6-3-1-2-4-7(6)16-9(12,13)14/h1-4,8,15H,5H2. The monoisotopic (exact) mass is 241 g/mol. The van der Waals surface area contributed by atoms with Gasteiger partial charge >= 0.3 is 6.36 Å². The van der Waals surface area contributed by atoms with E-state index in [1.165, 1.54) is 18.2 Å². The molecule has 0 bridgehead atoms. The van der Waals surface area contributed by atoms with Crippen LogP contribution in [-0.4, -0.2) is 19.3 Å². The predicted molar refractivity (Wildman–Crippen MR) is 47.6 cm³/mol. The van der Waals surface area contributed by atoms with E-state index in [2.05, 4.69) is 10.1 Å². The van der Waals surface area contributed by atoms with Gasteiger partial charge in [0, 0.05) is 0 Å². The normalized spacial score (nSPS) is 11.6. The van der Waals surface area contributed by atoms with E-state index in [9.17, 15) is 22.0 Å². The minimum absolute atomic E-state index is 0.125. The van der Waals surface area contributed by atoms with Gasteiger partial charge in [-0.1, -0.05) is 12.1 Å². The zero-order chi connectivity index (χ0) is 12.2. The van der Waals surface area contributed by atoms with Crippen LogP contribution in [0, 0.1) is 0 Å². The molecule has 16 heavy (non-hydrogen) atoms. The Balaban J connectivity index is 2.75. The number of benzene rings is 1. The van der Waals surface area contributed by atoms with Crippen LogP contribution in [0.2, 0.25) is 0 Å². The molecule has 90 valence electrons. The van der Waals surface area contributed by atoms with Crippen LogP contribution in [0.5, 0.6) is 5.75 Å². The first-order valence-corrected chi connectivity index (χ1v) is 4.25. The highest BCUT2D eigenvalue weighted by molar-refractivity contribution is 5.56. The summed E-state index contributed by atoms with van der Waals surface area (Å²) in [6.45, 7) is -0.738. The molecule has 1 aromatic carbocycles. The Bertz CT molecular complexity index is 339. The van der Waals surface area contributed by atoms with E-state index in [-0.39, 0.29) is 5.69 Å². The van der Waals surface area contributed by atoms with Crippen molar-refractivity contribution < 1.29 is 26.7 Å². The maximum absolute atomic E-state index is 11.9. The van der Waals surface area contributed by atoms with Crippen LogP contribution in [-0.2, 0) is 0 Å². The molecular formula is C9H8F5NO. The lowest BCUT2D eigenvalue weighted by Crippen LogP contribution is -2.19. The number of hydrogen-bond acceptors (Lipinski definition) is 2. The maximum Gasteiger partial charge on any atom is 0.573 e. The molecule has 2 nitrogen and oxygen atoms in total. The lowest BCUT2D eigenvalue weighted by molar-refractivity contribution is -0.274. The second-order valence-electron chi connectivity index (χ2n) is 2.82. The molecule has 0 aliphatic rings. The van der Waals surface area contributed by atoms with E-state index in [4.69, 9.17) is 0 Å². The Kier molecular flexibility index (Phi) is 3.92. The smallest absolute Gasteiger partial charge is 0.404 e. The van der Waals surface area contributed by atoms with Crippen LogP contribution >= 0.6 is 0 Å². The average molecular weight is 241 g/mol. The van der Waals surface area contributed by atoms with Gasteiger partial charge in [-0.15, -0.1) is 13.2 Å². The number of anilines is 1. The van der Waals surface area contributed by atoms with Crippen LogP contribution in [0.4, 0.5) is 27.6 Å². The highest BCUT2D eigenvalue weighted by Crippen LogP contribution is 2.29. The van der Waals surface area contributed by atoms with E-state index in [0.717, 1.165) is 6.07 Å². The van der Waals surface area contributed by atoms with Crippen molar-refractivity contribution in [2.24, 2.45) is 0 Å². The Hall–Kier alpha value is -1.53. The van der Waals surface area contributed by atoms with Crippen molar-refractivity contribution >= 4 is 5.69 Å². The minimum atomic E-state index is -4.84. The van der Waals surface area contributed by atoms with Gasteiger partial charge in [-0.2, -0.15) is 0 Å². The third kappa shape index (κ3) is 4.33. The summed E-state index contributed by atoms with van der Waals surface area (Å²) < 4.78 is 63.2. The molecule has 1 N–H and O–H groups in total. The third-order valence-electron chi connectivity index (χ3n) is 1.56. The fraction of sp³-hybridized carbons (Fsp3) is 0.333. The van der Waals surface area contributed by atoms with Crippen molar-refractivity contribution in [3.8, 4) is 5.75 Å². The van der Waals surface area contributed by atoms with Gasteiger partial charge in [0.1, 0.15) is 0 Å². The fourth-order valence-electron chi connectivity index (χ4n) is 1.01. The van der Waals surface area contributed by atoms with Gasteiger partial charge in [-0.05, 0) is 12.1 Å². The number of alkyl halides is 5. The molecule has 0 aromatic heterocycles. The van der Waals surface area contributed by atoms with Gasteiger partial charge in [-0.3, -0.25) is 0 Å². The highest BCUT2D eigenvalue weighted by Gasteiger charge is 2.32. The Morgan fingerprint density at radius 3 is 2.38 bits per heavy atom. The Labute approximate surface area is 88.0 Å². The first-order valence-electron chi connectivity index (χ1n) is 4.25. The third-order valence-corrected chi connectivity index (χ3v) is 1.56. The lowest BCUT2D eigenvalue weighted by atomic mass is 10.3. The molecule has 0 amide bonds. The van der Waals surface area contributed by atoms with Gasteiger partial charge in [0.2, 0.25) is 0 Å². The molecule has 0 saturated heterocycles. The predicted octanol–water partition coefficient (Wildman–Crippen LogP) is 3.26. The van der Waals surface area contributed by atoms with Crippen molar-refractivity contribution in [3.63, 3.8) is 0 Å². The second kappa shape index (κ2) is 5.00. The first kappa shape index (κ1) is 12.5. The van der Waals surface area contributed by atoms with E-state index < -0.39 is 25.1 Å². The average Bonchev–Trinajstić information content (AvgIpc) is 2.14. The molecule has 0 heterocycles. The topological polar surface area (TPSA) is 21.3 Å². The van der Waals surface area contributed by atoms with Crippen LogP contribution in [0.15, 0.2) is 24.3 Å². The molecule has 1 aromatic rings. The van der Waals surface area contributed by atoms with E-state index in [1.54, 1.807) is 0 Å². The number of hydrogen-bond donors (Lipinski definition) is 1. The summed E-state index contributed by atoms with van der Waals surface area (Å²) in [5.41, 5.74) is -0.125. The van der Waals surface area contributed by atoms with E-state index >= 15 is 0 Å². The van der Waals surface area contributed by atoms with Crippen molar-refractivity contribution in [3.05, 3.63) is 24.3 Å². The Morgan fingerprint density at radius 1 is 1.19 bits per heavy atom. The summed E-state index contributed by atoms with van der Waals surface area (Å²) in [5, 5.41) is 2.16. The van der Waals surface area contributed by atoms with Crippen molar-refractivity contribution in [1.29, 1.82) is 0 Å². The molecule has 0 atom stereocenters. The van der Waals surface area contributed by atoms with Gasteiger partial charge in [0.25, 0.3) is 6.43 Å². The summed E-state index contributed by atoms with van der Waals surface area (Å²) >= 11 is 0. The van der Waals surface area contributed by atoms with E-state index in [0.29, 0.717) is 0 Å². The Morgan fingerprint density at radius 2 is 1.81 bits per heavy atom. The number of nitrogens with one attached hydrogen (secondary N) is 1. The zero-order valence-corrected chi connectivity index (χ0v) is 7.89. The largest absolute Gasteiger partial charge is 0.573 e. The molecule has 0 unspecified atom stereocenters. The fourth-order valence-corrected chi connectivity index (χ4v) is 1.01. The molecule has 0 spiro atoms. The van der Waals surface area contributed by atoms with Crippen molar-refractivity contribution in [1.82, 2.24) is 0 Å². The number of halogens is 5. The van der Waals surface area contributed by atoms with Crippen molar-refractivity contribution in [2.75, 3.05) is 11.9 Å².